The van der Waals surface area contributed by atoms with E-state index >= 15 is 0 Å². The summed E-state index contributed by atoms with van der Waals surface area (Å²) in [5, 5.41) is 1.33. The maximum absolute atomic E-state index is 12.3. The molecule has 0 unspecified atom stereocenters. The van der Waals surface area contributed by atoms with Gasteiger partial charge in [0.1, 0.15) is 0 Å². The second kappa shape index (κ2) is 4.89. The first-order chi connectivity index (χ1) is 9.20. The molecule has 0 aliphatic carbocycles. The van der Waals surface area contributed by atoms with Crippen LogP contribution in [0.3, 0.4) is 0 Å². The molecule has 96 valence electrons. The number of ether oxygens (including phenoxy) is 1. The van der Waals surface area contributed by atoms with E-state index in [9.17, 15) is 4.79 Å². The number of hydrogen-bond acceptors (Lipinski definition) is 2. The van der Waals surface area contributed by atoms with Crippen molar-refractivity contribution in [1.82, 2.24) is 3.56 Å². The van der Waals surface area contributed by atoms with E-state index in [1.807, 2.05) is 30.3 Å². The zero-order chi connectivity index (χ0) is 13.4. The van der Waals surface area contributed by atoms with Gasteiger partial charge in [-0.15, -0.1) is 0 Å². The molecular formula is C14H10ClNO2Se. The molecule has 0 atom stereocenters. The number of hydrogen-bond donors (Lipinski definition) is 0. The van der Waals surface area contributed by atoms with Crippen molar-refractivity contribution < 1.29 is 4.74 Å². The number of rotatable bonds is 2. The van der Waals surface area contributed by atoms with Gasteiger partial charge in [0.25, 0.3) is 0 Å². The molecule has 0 fully saturated rings. The Morgan fingerprint density at radius 3 is 2.74 bits per heavy atom. The first-order valence-electron chi connectivity index (χ1n) is 5.65. The van der Waals surface area contributed by atoms with Crippen molar-refractivity contribution in [2.45, 2.75) is 0 Å². The van der Waals surface area contributed by atoms with Crippen molar-refractivity contribution in [3.8, 4) is 11.4 Å². The van der Waals surface area contributed by atoms with E-state index in [0.29, 0.717) is 10.8 Å². The van der Waals surface area contributed by atoms with Crippen LogP contribution in [0.25, 0.3) is 15.3 Å². The number of benzene rings is 2. The molecule has 3 rings (SSSR count). The van der Waals surface area contributed by atoms with Crippen molar-refractivity contribution in [1.29, 1.82) is 0 Å². The van der Waals surface area contributed by atoms with Gasteiger partial charge in [0.15, 0.2) is 0 Å². The summed E-state index contributed by atoms with van der Waals surface area (Å²) in [6, 6.07) is 13.1. The molecule has 5 heteroatoms. The van der Waals surface area contributed by atoms with Crippen LogP contribution in [0.2, 0.25) is 5.02 Å². The Balaban J connectivity index is 2.24. The van der Waals surface area contributed by atoms with Crippen LogP contribution >= 0.6 is 11.6 Å². The predicted molar refractivity (Wildman–Crippen MR) is 78.0 cm³/mol. The van der Waals surface area contributed by atoms with Crippen molar-refractivity contribution in [3.63, 3.8) is 0 Å². The van der Waals surface area contributed by atoms with Gasteiger partial charge in [0.2, 0.25) is 0 Å². The van der Waals surface area contributed by atoms with Crippen molar-refractivity contribution >= 4 is 36.0 Å². The third-order valence-corrected chi connectivity index (χ3v) is 5.51. The molecule has 0 aliphatic heterocycles. The maximum atomic E-state index is 12.3. The Kier molecular flexibility index (Phi) is 3.23. The standard InChI is InChI=1S/C14H10ClNO2Se/c1-18-12-8-9(6-7-11(12)15)16-14(17)10-4-2-3-5-13(10)19-16/h2-8H,1H3. The van der Waals surface area contributed by atoms with Gasteiger partial charge >= 0.3 is 121 Å². The predicted octanol–water partition coefficient (Wildman–Crippen LogP) is 2.71. The Labute approximate surface area is 121 Å². The van der Waals surface area contributed by atoms with Crippen LogP contribution in [0, 0.1) is 0 Å². The first kappa shape index (κ1) is 12.5. The fourth-order valence-electron chi connectivity index (χ4n) is 1.92. The van der Waals surface area contributed by atoms with Gasteiger partial charge in [-0.2, -0.15) is 0 Å². The molecule has 1 heterocycles. The second-order valence-electron chi connectivity index (χ2n) is 4.01. The van der Waals surface area contributed by atoms with Crippen LogP contribution in [-0.4, -0.2) is 25.4 Å². The van der Waals surface area contributed by atoms with Crippen LogP contribution in [0.4, 0.5) is 0 Å². The topological polar surface area (TPSA) is 31.2 Å². The average Bonchev–Trinajstić information content (AvgIpc) is 2.77. The van der Waals surface area contributed by atoms with Crippen LogP contribution in [0.15, 0.2) is 47.3 Å². The summed E-state index contributed by atoms with van der Waals surface area (Å²) in [6.07, 6.45) is 0. The number of aromatic nitrogens is 1. The Hall–Kier alpha value is -1.48. The fraction of sp³-hybridized carbons (Fsp3) is 0.0714. The molecule has 2 aromatic carbocycles. The van der Waals surface area contributed by atoms with Crippen LogP contribution in [-0.2, 0) is 0 Å². The van der Waals surface area contributed by atoms with E-state index in [0.717, 1.165) is 15.3 Å². The molecule has 3 aromatic rings. The Bertz CT molecular complexity index is 807. The molecule has 0 saturated heterocycles. The third kappa shape index (κ3) is 2.12. The summed E-state index contributed by atoms with van der Waals surface area (Å²) in [5.41, 5.74) is 0.863. The fourth-order valence-corrected chi connectivity index (χ4v) is 4.19. The first-order valence-corrected chi connectivity index (χ1v) is 7.66. The van der Waals surface area contributed by atoms with Gasteiger partial charge in [0.05, 0.1) is 0 Å². The van der Waals surface area contributed by atoms with E-state index in [1.165, 1.54) is 0 Å². The third-order valence-electron chi connectivity index (χ3n) is 2.86. The van der Waals surface area contributed by atoms with Gasteiger partial charge < -0.3 is 0 Å². The average molecular weight is 339 g/mol. The SMILES string of the molecule is COc1cc(-n2[se]c3ccccc3c2=O)ccc1Cl. The summed E-state index contributed by atoms with van der Waals surface area (Å²) < 4.78 is 8.09. The quantitative estimate of drug-likeness (QED) is 0.673. The van der Waals surface area contributed by atoms with Crippen LogP contribution in [0.5, 0.6) is 5.75 Å². The molecular weight excluding hydrogens is 329 g/mol. The van der Waals surface area contributed by atoms with Gasteiger partial charge in [0, 0.05) is 0 Å². The molecule has 0 N–H and O–H groups in total. The Morgan fingerprint density at radius 2 is 2.00 bits per heavy atom. The molecule has 3 nitrogen and oxygen atoms in total. The normalized spacial score (nSPS) is 10.8. The molecule has 19 heavy (non-hydrogen) atoms. The van der Waals surface area contributed by atoms with Gasteiger partial charge in [-0.1, -0.05) is 0 Å². The number of halogens is 1. The summed E-state index contributed by atoms with van der Waals surface area (Å²) in [7, 11) is 1.57. The molecule has 0 spiro atoms. The van der Waals surface area contributed by atoms with E-state index in [4.69, 9.17) is 16.3 Å². The van der Waals surface area contributed by atoms with Gasteiger partial charge in [-0.25, -0.2) is 0 Å². The van der Waals surface area contributed by atoms with E-state index in [-0.39, 0.29) is 20.3 Å². The van der Waals surface area contributed by atoms with Crippen molar-refractivity contribution in [2.24, 2.45) is 0 Å². The van der Waals surface area contributed by atoms with Gasteiger partial charge in [-0.3, -0.25) is 0 Å². The molecule has 0 amide bonds. The van der Waals surface area contributed by atoms with E-state index < -0.39 is 0 Å². The molecule has 0 aliphatic rings. The summed E-state index contributed by atoms with van der Waals surface area (Å²) in [5.74, 6) is 0.582. The monoisotopic (exact) mass is 339 g/mol. The summed E-state index contributed by atoms with van der Waals surface area (Å²) >= 11 is 5.97. The summed E-state index contributed by atoms with van der Waals surface area (Å²) in [6.45, 7) is 0. The zero-order valence-electron chi connectivity index (χ0n) is 10.1. The molecule has 1 aromatic heterocycles. The number of methoxy groups -OCH3 is 1. The molecule has 0 saturated carbocycles. The van der Waals surface area contributed by atoms with Crippen LogP contribution in [0.1, 0.15) is 0 Å². The van der Waals surface area contributed by atoms with E-state index in [1.54, 1.807) is 22.8 Å². The summed E-state index contributed by atoms with van der Waals surface area (Å²) in [4.78, 5) is 12.3. The number of fused-ring (bicyclic) bond motifs is 1. The number of nitrogens with zero attached hydrogens (tertiary/aromatic N) is 1. The van der Waals surface area contributed by atoms with Crippen molar-refractivity contribution in [2.75, 3.05) is 7.11 Å². The zero-order valence-corrected chi connectivity index (χ0v) is 12.6. The van der Waals surface area contributed by atoms with Crippen molar-refractivity contribution in [3.05, 3.63) is 57.8 Å². The minimum atomic E-state index is -0.0352. The van der Waals surface area contributed by atoms with Crippen LogP contribution < -0.4 is 10.3 Å². The second-order valence-corrected chi connectivity index (χ2v) is 6.48. The minimum absolute atomic E-state index is 0.0352. The Morgan fingerprint density at radius 1 is 1.21 bits per heavy atom. The van der Waals surface area contributed by atoms with Gasteiger partial charge in [-0.05, 0) is 0 Å². The van der Waals surface area contributed by atoms with E-state index in [2.05, 4.69) is 0 Å². The molecule has 0 bridgehead atoms. The molecule has 0 radical (unpaired) electrons.